The molecule has 0 aliphatic carbocycles. The number of nitrogens with zero attached hydrogens (tertiary/aromatic N) is 3. The Hall–Kier alpha value is -0.980. The quantitative estimate of drug-likeness (QED) is 0.787. The monoisotopic (exact) mass is 380 g/mol. The predicted octanol–water partition coefficient (Wildman–Crippen LogP) is 4.59. The first-order chi connectivity index (χ1) is 10.7. The highest BCUT2D eigenvalue weighted by atomic mass is 79.9. The number of H-pyrrole nitrogens is 1. The summed E-state index contributed by atoms with van der Waals surface area (Å²) >= 11 is 9.01. The zero-order valence-electron chi connectivity index (χ0n) is 12.8. The van der Waals surface area contributed by atoms with E-state index < -0.39 is 0 Å². The third-order valence-corrected chi connectivity index (χ3v) is 5.35. The van der Waals surface area contributed by atoms with Crippen LogP contribution in [0.25, 0.3) is 11.4 Å². The number of halogens is 1. The lowest BCUT2D eigenvalue weighted by Crippen LogP contribution is -2.40. The van der Waals surface area contributed by atoms with Crippen LogP contribution in [0.3, 0.4) is 0 Å². The molecule has 1 atom stereocenters. The van der Waals surface area contributed by atoms with Gasteiger partial charge in [-0.25, -0.2) is 4.68 Å². The number of hydrogen-bond donors (Lipinski definition) is 1. The molecule has 1 saturated heterocycles. The highest BCUT2D eigenvalue weighted by Gasteiger charge is 2.21. The van der Waals surface area contributed by atoms with Crippen LogP contribution in [0, 0.1) is 4.77 Å². The molecule has 1 N–H and O–H groups in total. The molecule has 22 heavy (non-hydrogen) atoms. The third kappa shape index (κ3) is 3.34. The maximum atomic E-state index is 5.44. The van der Waals surface area contributed by atoms with Crippen LogP contribution in [-0.4, -0.2) is 32.3 Å². The molecular weight excluding hydrogens is 360 g/mol. The molecule has 0 unspecified atom stereocenters. The molecule has 3 rings (SSSR count). The molecule has 1 aromatic heterocycles. The molecule has 0 bridgehead atoms. The Morgan fingerprint density at radius 2 is 2.18 bits per heavy atom. The Balaban J connectivity index is 1.84. The second-order valence-corrected chi connectivity index (χ2v) is 6.99. The number of aromatic nitrogens is 3. The van der Waals surface area contributed by atoms with Crippen LogP contribution in [0.1, 0.15) is 32.6 Å². The minimum Gasteiger partial charge on any atom is -0.281 e. The Labute approximate surface area is 144 Å². The molecule has 2 aromatic rings. The van der Waals surface area contributed by atoms with E-state index in [0.29, 0.717) is 10.8 Å². The summed E-state index contributed by atoms with van der Waals surface area (Å²) in [5, 5.41) is 3.36. The van der Waals surface area contributed by atoms with Crippen molar-refractivity contribution in [1.29, 1.82) is 0 Å². The number of piperidine rings is 1. The smallest absolute Gasteiger partial charge is 0.217 e. The van der Waals surface area contributed by atoms with Crippen molar-refractivity contribution in [3.8, 4) is 11.4 Å². The summed E-state index contributed by atoms with van der Waals surface area (Å²) in [4.78, 5) is 7.04. The van der Waals surface area contributed by atoms with Crippen LogP contribution in [0.15, 0.2) is 28.7 Å². The van der Waals surface area contributed by atoms with E-state index in [2.05, 4.69) is 37.8 Å². The van der Waals surface area contributed by atoms with Crippen molar-refractivity contribution in [3.05, 3.63) is 33.5 Å². The molecule has 1 aromatic carbocycles. The molecule has 1 aliphatic heterocycles. The molecule has 2 heterocycles. The van der Waals surface area contributed by atoms with Gasteiger partial charge in [0.1, 0.15) is 0 Å². The van der Waals surface area contributed by atoms with Crippen LogP contribution >= 0.6 is 28.1 Å². The predicted molar refractivity (Wildman–Crippen MR) is 95.2 cm³/mol. The molecule has 0 spiro atoms. The average Bonchev–Trinajstić information content (AvgIpc) is 2.89. The Morgan fingerprint density at radius 3 is 2.95 bits per heavy atom. The summed E-state index contributed by atoms with van der Waals surface area (Å²) in [6.45, 7) is 4.21. The normalized spacial score (nSPS) is 19.5. The van der Waals surface area contributed by atoms with E-state index in [0.717, 1.165) is 29.1 Å². The van der Waals surface area contributed by atoms with Gasteiger partial charge in [-0.2, -0.15) is 4.98 Å². The first-order valence-electron chi connectivity index (χ1n) is 7.85. The highest BCUT2D eigenvalue weighted by molar-refractivity contribution is 9.10. The van der Waals surface area contributed by atoms with Crippen LogP contribution < -0.4 is 0 Å². The van der Waals surface area contributed by atoms with Crippen molar-refractivity contribution in [2.75, 3.05) is 6.54 Å². The zero-order chi connectivity index (χ0) is 15.5. The fourth-order valence-corrected chi connectivity index (χ4v) is 3.78. The Morgan fingerprint density at radius 1 is 1.36 bits per heavy atom. The summed E-state index contributed by atoms with van der Waals surface area (Å²) in [6.07, 6.45) is 5.09. The fraction of sp³-hybridized carbons (Fsp3) is 0.500. The number of aromatic amines is 1. The van der Waals surface area contributed by atoms with Crippen LogP contribution in [-0.2, 0) is 6.67 Å². The summed E-state index contributed by atoms with van der Waals surface area (Å²) < 4.78 is 3.62. The third-order valence-electron chi connectivity index (χ3n) is 4.35. The maximum Gasteiger partial charge on any atom is 0.217 e. The topological polar surface area (TPSA) is 36.9 Å². The van der Waals surface area contributed by atoms with E-state index in [4.69, 9.17) is 12.2 Å². The second kappa shape index (κ2) is 7.06. The van der Waals surface area contributed by atoms with Crippen molar-refractivity contribution < 1.29 is 0 Å². The molecule has 4 nitrogen and oxygen atoms in total. The maximum absolute atomic E-state index is 5.44. The molecular formula is C16H21BrN4S. The summed E-state index contributed by atoms with van der Waals surface area (Å²) in [6, 6.07) is 8.72. The molecule has 0 radical (unpaired) electrons. The van der Waals surface area contributed by atoms with Gasteiger partial charge in [-0.1, -0.05) is 47.5 Å². The van der Waals surface area contributed by atoms with Gasteiger partial charge < -0.3 is 0 Å². The largest absolute Gasteiger partial charge is 0.281 e. The van der Waals surface area contributed by atoms with E-state index >= 15 is 0 Å². The number of rotatable bonds is 4. The van der Waals surface area contributed by atoms with E-state index in [-0.39, 0.29) is 0 Å². The van der Waals surface area contributed by atoms with Gasteiger partial charge in [0.25, 0.3) is 0 Å². The van der Waals surface area contributed by atoms with Crippen molar-refractivity contribution >= 4 is 28.1 Å². The summed E-state index contributed by atoms with van der Waals surface area (Å²) in [5.74, 6) is 0.822. The van der Waals surface area contributed by atoms with Crippen molar-refractivity contribution in [2.24, 2.45) is 0 Å². The molecule has 1 aliphatic rings. The SMILES string of the molecule is CC[C@H]1CCCCN1Cn1[nH]c(-c2ccccc2Br)nc1=S. The van der Waals surface area contributed by atoms with Gasteiger partial charge in [-0.05, 0) is 37.5 Å². The minimum atomic E-state index is 0.617. The van der Waals surface area contributed by atoms with E-state index in [1.54, 1.807) is 0 Å². The lowest BCUT2D eigenvalue weighted by Gasteiger charge is -2.34. The lowest BCUT2D eigenvalue weighted by molar-refractivity contribution is 0.101. The van der Waals surface area contributed by atoms with Gasteiger partial charge in [0.05, 0.1) is 6.67 Å². The van der Waals surface area contributed by atoms with Gasteiger partial charge in [-0.3, -0.25) is 10.00 Å². The van der Waals surface area contributed by atoms with Gasteiger partial charge in [0, 0.05) is 22.6 Å². The van der Waals surface area contributed by atoms with Crippen LogP contribution in [0.2, 0.25) is 0 Å². The highest BCUT2D eigenvalue weighted by Crippen LogP contribution is 2.25. The molecule has 118 valence electrons. The second-order valence-electron chi connectivity index (χ2n) is 5.77. The zero-order valence-corrected chi connectivity index (χ0v) is 15.2. The van der Waals surface area contributed by atoms with Gasteiger partial charge >= 0.3 is 0 Å². The summed E-state index contributed by atoms with van der Waals surface area (Å²) in [7, 11) is 0. The van der Waals surface area contributed by atoms with E-state index in [9.17, 15) is 0 Å². The molecule has 6 heteroatoms. The van der Waals surface area contributed by atoms with Crippen LogP contribution in [0.4, 0.5) is 0 Å². The Kier molecular flexibility index (Phi) is 5.10. The average molecular weight is 381 g/mol. The molecule has 0 saturated carbocycles. The summed E-state index contributed by atoms with van der Waals surface area (Å²) in [5.41, 5.74) is 1.04. The van der Waals surface area contributed by atoms with Crippen molar-refractivity contribution in [1.82, 2.24) is 19.7 Å². The fourth-order valence-electron chi connectivity index (χ4n) is 3.12. The van der Waals surface area contributed by atoms with Gasteiger partial charge in [0.15, 0.2) is 5.82 Å². The van der Waals surface area contributed by atoms with Crippen molar-refractivity contribution in [2.45, 2.75) is 45.3 Å². The first kappa shape index (κ1) is 15.9. The number of likely N-dealkylation sites (tertiary alicyclic amines) is 1. The molecule has 1 fully saturated rings. The number of hydrogen-bond acceptors (Lipinski definition) is 3. The first-order valence-corrected chi connectivity index (χ1v) is 9.05. The van der Waals surface area contributed by atoms with E-state index in [1.807, 2.05) is 28.9 Å². The number of nitrogens with one attached hydrogen (secondary N) is 1. The van der Waals surface area contributed by atoms with Gasteiger partial charge in [0.2, 0.25) is 4.77 Å². The van der Waals surface area contributed by atoms with Crippen LogP contribution in [0.5, 0.6) is 0 Å². The Bertz CT molecular complexity index is 693. The van der Waals surface area contributed by atoms with E-state index in [1.165, 1.54) is 25.7 Å². The number of benzene rings is 1. The van der Waals surface area contributed by atoms with Crippen molar-refractivity contribution in [3.63, 3.8) is 0 Å². The lowest BCUT2D eigenvalue weighted by atomic mass is 10.0. The van der Waals surface area contributed by atoms with Gasteiger partial charge in [-0.15, -0.1) is 0 Å². The minimum absolute atomic E-state index is 0.617. The molecule has 0 amide bonds. The standard InChI is InChI=1S/C16H21BrN4S/c1-2-12-7-5-6-10-20(12)11-21-16(22)18-15(19-21)13-8-3-4-9-14(13)17/h3-4,8-9,12H,2,5-7,10-11H2,1H3,(H,18,19,22)/t12-/m0/s1.